The minimum Gasteiger partial charge on any atom is -0.352 e. The molecule has 0 aliphatic heterocycles. The highest BCUT2D eigenvalue weighted by atomic mass is 32.2. The van der Waals surface area contributed by atoms with E-state index in [9.17, 15) is 18.0 Å². The van der Waals surface area contributed by atoms with Gasteiger partial charge in [0.2, 0.25) is 21.8 Å². The molecule has 0 saturated heterocycles. The molecule has 2 amide bonds. The Morgan fingerprint density at radius 1 is 0.972 bits per heavy atom. The fourth-order valence-electron chi connectivity index (χ4n) is 4.86. The van der Waals surface area contributed by atoms with Crippen LogP contribution in [0.25, 0.3) is 0 Å². The van der Waals surface area contributed by atoms with Crippen LogP contribution in [0.3, 0.4) is 0 Å². The summed E-state index contributed by atoms with van der Waals surface area (Å²) in [6.07, 6.45) is 7.10. The van der Waals surface area contributed by atoms with Gasteiger partial charge in [-0.1, -0.05) is 68.3 Å². The molecule has 3 rings (SSSR count). The average molecular weight is 514 g/mol. The molecule has 2 aromatic rings. The Labute approximate surface area is 215 Å². The number of nitrogens with zero attached hydrogens (tertiary/aromatic N) is 2. The fourth-order valence-corrected chi connectivity index (χ4v) is 5.83. The number of anilines is 1. The summed E-state index contributed by atoms with van der Waals surface area (Å²) in [7, 11) is -3.49. The normalized spacial score (nSPS) is 14.8. The van der Waals surface area contributed by atoms with E-state index in [1.807, 2.05) is 43.3 Å². The lowest BCUT2D eigenvalue weighted by atomic mass is 10.1. The highest BCUT2D eigenvalue weighted by Gasteiger charge is 2.30. The van der Waals surface area contributed by atoms with Gasteiger partial charge in [-0.05, 0) is 49.8 Å². The van der Waals surface area contributed by atoms with E-state index >= 15 is 0 Å². The molecule has 196 valence electrons. The van der Waals surface area contributed by atoms with Crippen molar-refractivity contribution in [1.29, 1.82) is 0 Å². The summed E-state index contributed by atoms with van der Waals surface area (Å²) in [4.78, 5) is 28.3. The maximum absolute atomic E-state index is 13.5. The number of carbonyl (C=O) groups excluding carboxylic acids is 2. The average Bonchev–Trinajstić information content (AvgIpc) is 3.37. The lowest BCUT2D eigenvalue weighted by molar-refractivity contribution is -0.141. The van der Waals surface area contributed by atoms with Gasteiger partial charge in [-0.3, -0.25) is 13.9 Å². The number of rotatable bonds is 13. The number of benzene rings is 2. The van der Waals surface area contributed by atoms with Crippen molar-refractivity contribution in [3.63, 3.8) is 0 Å². The smallest absolute Gasteiger partial charge is 0.243 e. The van der Waals surface area contributed by atoms with Crippen molar-refractivity contribution in [3.8, 4) is 0 Å². The van der Waals surface area contributed by atoms with E-state index in [-0.39, 0.29) is 30.8 Å². The van der Waals surface area contributed by atoms with Crippen LogP contribution in [-0.2, 0) is 26.0 Å². The summed E-state index contributed by atoms with van der Waals surface area (Å²) in [5.41, 5.74) is 1.68. The van der Waals surface area contributed by atoms with Crippen LogP contribution >= 0.6 is 0 Å². The lowest BCUT2D eigenvalue weighted by Gasteiger charge is -2.32. The first-order valence-electron chi connectivity index (χ1n) is 13.0. The Balaban J connectivity index is 1.69. The minimum atomic E-state index is -3.49. The monoisotopic (exact) mass is 513 g/mol. The van der Waals surface area contributed by atoms with E-state index < -0.39 is 16.1 Å². The molecule has 1 atom stereocenters. The quantitative estimate of drug-likeness (QED) is 0.436. The van der Waals surface area contributed by atoms with Gasteiger partial charge < -0.3 is 10.2 Å². The van der Waals surface area contributed by atoms with Gasteiger partial charge in [-0.2, -0.15) is 0 Å². The van der Waals surface area contributed by atoms with Crippen LogP contribution in [0.2, 0.25) is 0 Å². The molecule has 1 aliphatic rings. The highest BCUT2D eigenvalue weighted by molar-refractivity contribution is 7.92. The van der Waals surface area contributed by atoms with E-state index in [0.717, 1.165) is 31.2 Å². The molecule has 0 spiro atoms. The Morgan fingerprint density at radius 2 is 1.58 bits per heavy atom. The van der Waals surface area contributed by atoms with Crippen molar-refractivity contribution >= 4 is 27.5 Å². The van der Waals surface area contributed by atoms with E-state index in [4.69, 9.17) is 0 Å². The number of hydrogen-bond donors (Lipinski definition) is 1. The van der Waals surface area contributed by atoms with Crippen molar-refractivity contribution in [3.05, 3.63) is 66.2 Å². The molecule has 0 aromatic heterocycles. The van der Waals surface area contributed by atoms with Crippen LogP contribution in [0.4, 0.5) is 5.69 Å². The summed E-state index contributed by atoms with van der Waals surface area (Å²) >= 11 is 0. The molecule has 1 saturated carbocycles. The SMILES string of the molecule is CCC(C(=O)NC1CCCC1)N(CCc1ccccc1)C(=O)CCCN(c1ccccc1)S(C)(=O)=O. The van der Waals surface area contributed by atoms with Gasteiger partial charge in [-0.25, -0.2) is 8.42 Å². The number of sulfonamides is 1. The van der Waals surface area contributed by atoms with E-state index in [1.54, 1.807) is 29.2 Å². The van der Waals surface area contributed by atoms with E-state index in [2.05, 4.69) is 5.32 Å². The number of carbonyl (C=O) groups is 2. The van der Waals surface area contributed by atoms with E-state index in [1.165, 1.54) is 10.6 Å². The van der Waals surface area contributed by atoms with Crippen molar-refractivity contribution in [2.75, 3.05) is 23.7 Å². The third kappa shape index (κ3) is 8.08. The number of para-hydroxylation sites is 1. The summed E-state index contributed by atoms with van der Waals surface area (Å²) in [5.74, 6) is -0.214. The third-order valence-corrected chi connectivity index (χ3v) is 7.96. The van der Waals surface area contributed by atoms with Gasteiger partial charge in [0.1, 0.15) is 6.04 Å². The second-order valence-electron chi connectivity index (χ2n) is 9.51. The first kappa shape index (κ1) is 27.7. The maximum Gasteiger partial charge on any atom is 0.243 e. The fraction of sp³-hybridized carbons (Fsp3) is 0.500. The van der Waals surface area contributed by atoms with Gasteiger partial charge in [0.25, 0.3) is 0 Å². The predicted octanol–water partition coefficient (Wildman–Crippen LogP) is 4.14. The molecule has 8 heteroatoms. The van der Waals surface area contributed by atoms with E-state index in [0.29, 0.717) is 31.5 Å². The Hall–Kier alpha value is -2.87. The summed E-state index contributed by atoms with van der Waals surface area (Å²) in [6.45, 7) is 2.57. The zero-order valence-electron chi connectivity index (χ0n) is 21.4. The molecular formula is C28H39N3O4S. The predicted molar refractivity (Wildman–Crippen MR) is 144 cm³/mol. The molecule has 0 heterocycles. The maximum atomic E-state index is 13.5. The summed E-state index contributed by atoms with van der Waals surface area (Å²) in [5, 5.41) is 3.16. The second kappa shape index (κ2) is 13.4. The Morgan fingerprint density at radius 3 is 2.17 bits per heavy atom. The van der Waals surface area contributed by atoms with Crippen LogP contribution in [0.15, 0.2) is 60.7 Å². The third-order valence-electron chi connectivity index (χ3n) is 6.77. The molecule has 36 heavy (non-hydrogen) atoms. The van der Waals surface area contributed by atoms with Gasteiger partial charge in [0.15, 0.2) is 0 Å². The molecule has 1 fully saturated rings. The summed E-state index contributed by atoms with van der Waals surface area (Å²) < 4.78 is 26.1. The van der Waals surface area contributed by atoms with Crippen LogP contribution < -0.4 is 9.62 Å². The van der Waals surface area contributed by atoms with Crippen LogP contribution in [0.5, 0.6) is 0 Å². The van der Waals surface area contributed by atoms with Crippen LogP contribution in [0, 0.1) is 0 Å². The molecule has 1 aliphatic carbocycles. The van der Waals surface area contributed by atoms with Crippen LogP contribution in [-0.4, -0.2) is 56.6 Å². The molecule has 1 unspecified atom stereocenters. The number of hydrogen-bond acceptors (Lipinski definition) is 4. The molecule has 2 aromatic carbocycles. The number of amides is 2. The van der Waals surface area contributed by atoms with Crippen molar-refractivity contribution in [1.82, 2.24) is 10.2 Å². The topological polar surface area (TPSA) is 86.8 Å². The van der Waals surface area contributed by atoms with Gasteiger partial charge in [-0.15, -0.1) is 0 Å². The Kier molecular flexibility index (Phi) is 10.3. The van der Waals surface area contributed by atoms with Gasteiger partial charge >= 0.3 is 0 Å². The lowest BCUT2D eigenvalue weighted by Crippen LogP contribution is -2.52. The van der Waals surface area contributed by atoms with Crippen molar-refractivity contribution in [2.45, 2.75) is 70.4 Å². The largest absolute Gasteiger partial charge is 0.352 e. The molecule has 7 nitrogen and oxygen atoms in total. The van der Waals surface area contributed by atoms with Gasteiger partial charge in [0, 0.05) is 25.6 Å². The first-order chi connectivity index (χ1) is 17.3. The summed E-state index contributed by atoms with van der Waals surface area (Å²) in [6, 6.07) is 18.5. The first-order valence-corrected chi connectivity index (χ1v) is 14.8. The highest BCUT2D eigenvalue weighted by Crippen LogP contribution is 2.20. The molecular weight excluding hydrogens is 474 g/mol. The molecule has 0 radical (unpaired) electrons. The second-order valence-corrected chi connectivity index (χ2v) is 11.4. The van der Waals surface area contributed by atoms with Crippen LogP contribution in [0.1, 0.15) is 57.4 Å². The zero-order valence-corrected chi connectivity index (χ0v) is 22.3. The van der Waals surface area contributed by atoms with Gasteiger partial charge in [0.05, 0.1) is 11.9 Å². The standard InChI is InChI=1S/C28H39N3O4S/c1-3-26(28(33)29-24-15-10-11-16-24)30(22-20-23-13-6-4-7-14-23)27(32)19-12-21-31(36(2,34)35)25-17-8-5-9-18-25/h4-9,13-14,17-18,24,26H,3,10-12,15-16,19-22H2,1-2H3,(H,29,33). The molecule has 0 bridgehead atoms. The zero-order chi connectivity index (χ0) is 26.0. The number of nitrogens with one attached hydrogen (secondary N) is 1. The Bertz CT molecular complexity index is 1070. The minimum absolute atomic E-state index is 0.0899. The molecule has 1 N–H and O–H groups in total. The van der Waals surface area contributed by atoms with Crippen molar-refractivity contribution < 1.29 is 18.0 Å². The van der Waals surface area contributed by atoms with Crippen molar-refractivity contribution in [2.24, 2.45) is 0 Å².